The third-order valence-electron chi connectivity index (χ3n) is 3.74. The van der Waals surface area contributed by atoms with E-state index < -0.39 is 6.61 Å². The number of halogens is 2. The summed E-state index contributed by atoms with van der Waals surface area (Å²) in [5, 5.41) is 0. The minimum absolute atomic E-state index is 0.0417. The summed E-state index contributed by atoms with van der Waals surface area (Å²) in [6.45, 7) is 0.00647. The van der Waals surface area contributed by atoms with E-state index in [2.05, 4.69) is 14.6 Å². The molecule has 2 aliphatic heterocycles. The third kappa shape index (κ3) is 3.59. The molecule has 3 rings (SSSR count). The van der Waals surface area contributed by atoms with Gasteiger partial charge in [0.1, 0.15) is 17.7 Å². The number of nitrogens with zero attached hydrogens (tertiary/aromatic N) is 2. The van der Waals surface area contributed by atoms with Crippen LogP contribution in [0.15, 0.2) is 18.3 Å². The van der Waals surface area contributed by atoms with E-state index in [1.165, 1.54) is 12.3 Å². The van der Waals surface area contributed by atoms with E-state index in [-0.39, 0.29) is 18.0 Å². The van der Waals surface area contributed by atoms with Crippen molar-refractivity contribution in [1.29, 1.82) is 0 Å². The molecule has 0 unspecified atom stereocenters. The lowest BCUT2D eigenvalue weighted by Gasteiger charge is -2.36. The van der Waals surface area contributed by atoms with E-state index in [1.807, 2.05) is 0 Å². The zero-order valence-electron chi connectivity index (χ0n) is 11.6. The lowest BCUT2D eigenvalue weighted by Crippen LogP contribution is -2.47. The monoisotopic (exact) mass is 300 g/mol. The average molecular weight is 300 g/mol. The molecule has 3 heterocycles. The van der Waals surface area contributed by atoms with Gasteiger partial charge in [-0.1, -0.05) is 0 Å². The van der Waals surface area contributed by atoms with E-state index in [0.29, 0.717) is 13.2 Å². The second-order valence-corrected chi connectivity index (χ2v) is 5.14. The molecule has 21 heavy (non-hydrogen) atoms. The summed E-state index contributed by atoms with van der Waals surface area (Å²) in [7, 11) is 0. The summed E-state index contributed by atoms with van der Waals surface area (Å²) < 4.78 is 40.0. The largest absolute Gasteiger partial charge is 0.433 e. The molecule has 2 saturated heterocycles. The number of hydrogen-bond acceptors (Lipinski definition) is 5. The van der Waals surface area contributed by atoms with Crippen LogP contribution in [0.1, 0.15) is 12.8 Å². The van der Waals surface area contributed by atoms with Crippen molar-refractivity contribution in [3.05, 3.63) is 18.3 Å². The fraction of sp³-hybridized carbons (Fsp3) is 0.643. The van der Waals surface area contributed by atoms with Crippen molar-refractivity contribution >= 4 is 5.82 Å². The van der Waals surface area contributed by atoms with Crippen LogP contribution in [0.3, 0.4) is 0 Å². The van der Waals surface area contributed by atoms with Crippen LogP contribution in [0.5, 0.6) is 5.75 Å². The number of morpholine rings is 1. The molecule has 0 aliphatic carbocycles. The molecule has 1 aromatic heterocycles. The maximum atomic E-state index is 12.1. The number of anilines is 1. The Kier molecular flexibility index (Phi) is 4.50. The topological polar surface area (TPSA) is 43.8 Å². The van der Waals surface area contributed by atoms with Gasteiger partial charge in [0.25, 0.3) is 0 Å². The van der Waals surface area contributed by atoms with Gasteiger partial charge < -0.3 is 19.1 Å². The Morgan fingerprint density at radius 2 is 2.10 bits per heavy atom. The van der Waals surface area contributed by atoms with Crippen LogP contribution in [0.2, 0.25) is 0 Å². The first-order chi connectivity index (χ1) is 10.2. The molecule has 7 heteroatoms. The maximum absolute atomic E-state index is 12.1. The van der Waals surface area contributed by atoms with E-state index in [9.17, 15) is 8.78 Å². The first-order valence-corrected chi connectivity index (χ1v) is 7.11. The minimum atomic E-state index is -2.83. The number of pyridine rings is 1. The molecule has 116 valence electrons. The van der Waals surface area contributed by atoms with E-state index in [4.69, 9.17) is 9.47 Å². The van der Waals surface area contributed by atoms with Gasteiger partial charge in [-0.2, -0.15) is 8.78 Å². The predicted molar refractivity (Wildman–Crippen MR) is 71.8 cm³/mol. The fourth-order valence-electron chi connectivity index (χ4n) is 2.74. The highest BCUT2D eigenvalue weighted by Crippen LogP contribution is 2.24. The van der Waals surface area contributed by atoms with Gasteiger partial charge in [-0.05, 0) is 25.0 Å². The van der Waals surface area contributed by atoms with Gasteiger partial charge in [0.2, 0.25) is 0 Å². The lowest BCUT2D eigenvalue weighted by atomic mass is 10.1. The van der Waals surface area contributed by atoms with Gasteiger partial charge >= 0.3 is 6.61 Å². The minimum Gasteiger partial charge on any atom is -0.433 e. The Morgan fingerprint density at radius 1 is 1.24 bits per heavy atom. The smallest absolute Gasteiger partial charge is 0.387 e. The first-order valence-electron chi connectivity index (χ1n) is 7.11. The lowest BCUT2D eigenvalue weighted by molar-refractivity contribution is -0.0545. The summed E-state index contributed by atoms with van der Waals surface area (Å²) >= 11 is 0. The van der Waals surface area contributed by atoms with Gasteiger partial charge in [-0.3, -0.25) is 0 Å². The number of alkyl halides is 2. The second-order valence-electron chi connectivity index (χ2n) is 5.14. The van der Waals surface area contributed by atoms with Gasteiger partial charge in [-0.15, -0.1) is 0 Å². The van der Waals surface area contributed by atoms with Crippen LogP contribution in [-0.4, -0.2) is 50.1 Å². The van der Waals surface area contributed by atoms with Crippen molar-refractivity contribution in [2.45, 2.75) is 31.7 Å². The van der Waals surface area contributed by atoms with Crippen LogP contribution in [0, 0.1) is 0 Å². The summed E-state index contributed by atoms with van der Waals surface area (Å²) in [5.41, 5.74) is 0. The molecular weight excluding hydrogens is 282 g/mol. The Morgan fingerprint density at radius 3 is 2.76 bits per heavy atom. The zero-order valence-corrected chi connectivity index (χ0v) is 11.6. The Bertz CT molecular complexity index is 452. The van der Waals surface area contributed by atoms with E-state index >= 15 is 0 Å². The summed E-state index contributed by atoms with van der Waals surface area (Å²) in [4.78, 5) is 6.27. The molecule has 5 nitrogen and oxygen atoms in total. The maximum Gasteiger partial charge on any atom is 0.387 e. The van der Waals surface area contributed by atoms with Crippen molar-refractivity contribution in [3.63, 3.8) is 0 Å². The van der Waals surface area contributed by atoms with Crippen molar-refractivity contribution in [2.75, 3.05) is 31.2 Å². The third-order valence-corrected chi connectivity index (χ3v) is 3.74. The van der Waals surface area contributed by atoms with Gasteiger partial charge in [0, 0.05) is 19.7 Å². The molecule has 0 spiro atoms. The van der Waals surface area contributed by atoms with Crippen molar-refractivity contribution in [1.82, 2.24) is 4.98 Å². The van der Waals surface area contributed by atoms with Gasteiger partial charge in [0.05, 0.1) is 18.9 Å². The molecule has 0 saturated carbocycles. The second kappa shape index (κ2) is 6.53. The molecule has 2 atom stereocenters. The zero-order chi connectivity index (χ0) is 14.7. The van der Waals surface area contributed by atoms with Crippen LogP contribution < -0.4 is 9.64 Å². The predicted octanol–water partition coefficient (Wildman–Crippen LogP) is 2.07. The average Bonchev–Trinajstić information content (AvgIpc) is 3.02. The normalized spacial score (nSPS) is 26.3. The SMILES string of the molecule is FC(F)Oc1ccc(N2CCO[C@H]([C@@H]3CCCO3)C2)nc1. The van der Waals surface area contributed by atoms with Crippen molar-refractivity contribution < 1.29 is 23.0 Å². The Balaban J connectivity index is 1.62. The number of ether oxygens (including phenoxy) is 3. The van der Waals surface area contributed by atoms with Crippen LogP contribution in [0.25, 0.3) is 0 Å². The van der Waals surface area contributed by atoms with Crippen molar-refractivity contribution in [3.8, 4) is 5.75 Å². The Labute approximate surface area is 121 Å². The Hall–Kier alpha value is -1.47. The molecular formula is C14H18F2N2O3. The molecule has 0 amide bonds. The van der Waals surface area contributed by atoms with Gasteiger partial charge in [0.15, 0.2) is 0 Å². The summed E-state index contributed by atoms with van der Waals surface area (Å²) in [6, 6.07) is 3.20. The molecule has 2 fully saturated rings. The van der Waals surface area contributed by atoms with E-state index in [0.717, 1.165) is 31.8 Å². The van der Waals surface area contributed by atoms with Crippen LogP contribution in [-0.2, 0) is 9.47 Å². The highest BCUT2D eigenvalue weighted by atomic mass is 19.3. The highest BCUT2D eigenvalue weighted by molar-refractivity contribution is 5.41. The van der Waals surface area contributed by atoms with Crippen LogP contribution in [0.4, 0.5) is 14.6 Å². The van der Waals surface area contributed by atoms with Gasteiger partial charge in [-0.25, -0.2) is 4.98 Å². The first kappa shape index (κ1) is 14.5. The summed E-state index contributed by atoms with van der Waals surface area (Å²) in [6.07, 6.45) is 3.60. The molecule has 1 aromatic rings. The van der Waals surface area contributed by atoms with Crippen molar-refractivity contribution in [2.24, 2.45) is 0 Å². The molecule has 0 aromatic carbocycles. The molecule has 0 radical (unpaired) electrons. The molecule has 2 aliphatic rings. The standard InChI is InChI=1S/C14H18F2N2O3/c15-14(16)21-10-3-4-13(17-8-10)18-5-7-20-12(9-18)11-2-1-6-19-11/h3-4,8,11-12,14H,1-2,5-7,9H2/t11-,12-/m0/s1. The van der Waals surface area contributed by atoms with Crippen LogP contribution >= 0.6 is 0 Å². The number of rotatable bonds is 4. The molecule has 0 N–H and O–H groups in total. The fourth-order valence-corrected chi connectivity index (χ4v) is 2.74. The highest BCUT2D eigenvalue weighted by Gasteiger charge is 2.31. The molecule has 0 bridgehead atoms. The number of aromatic nitrogens is 1. The quantitative estimate of drug-likeness (QED) is 0.851. The summed E-state index contributed by atoms with van der Waals surface area (Å²) in [5.74, 6) is 0.806. The van der Waals surface area contributed by atoms with E-state index in [1.54, 1.807) is 6.07 Å². The number of hydrogen-bond donors (Lipinski definition) is 0.